The molecule has 0 saturated heterocycles. The Morgan fingerprint density at radius 1 is 0.909 bits per heavy atom. The summed E-state index contributed by atoms with van der Waals surface area (Å²) in [5, 5.41) is 45.4. The quantitative estimate of drug-likeness (QED) is 0.110. The van der Waals surface area contributed by atoms with Crippen LogP contribution in [0, 0.1) is 0 Å². The molecule has 5 N–H and O–H groups in total. The number of imidazole rings is 2. The van der Waals surface area contributed by atoms with Gasteiger partial charge < -0.3 is 35.1 Å². The van der Waals surface area contributed by atoms with E-state index in [-0.39, 0.29) is 5.92 Å². The number of anilines is 2. The van der Waals surface area contributed by atoms with E-state index in [1.165, 1.54) is 15.9 Å². The fourth-order valence-electron chi connectivity index (χ4n) is 6.49. The number of carboxylic acid groups (broad SMARTS) is 1. The van der Waals surface area contributed by atoms with Crippen molar-refractivity contribution in [2.24, 2.45) is 0 Å². The molecule has 1 saturated carbocycles. The van der Waals surface area contributed by atoms with Gasteiger partial charge in [0.15, 0.2) is 17.0 Å². The molecule has 0 radical (unpaired) electrons. The molecular weight excluding hydrogens is 719 g/mol. The van der Waals surface area contributed by atoms with Crippen molar-refractivity contribution in [3.63, 3.8) is 0 Å². The number of nitrogens with one attached hydrogen (secondary N) is 2. The van der Waals surface area contributed by atoms with Gasteiger partial charge in [0.05, 0.1) is 36.3 Å². The van der Waals surface area contributed by atoms with Gasteiger partial charge in [0, 0.05) is 38.2 Å². The zero-order valence-electron chi connectivity index (χ0n) is 30.1. The van der Waals surface area contributed by atoms with Gasteiger partial charge in [0.2, 0.25) is 5.95 Å². The lowest BCUT2D eigenvalue weighted by atomic mass is 9.91. The smallest absolute Gasteiger partial charge is 0.475 e. The number of halogens is 3. The highest BCUT2D eigenvalue weighted by Gasteiger charge is 2.45. The molecule has 15 nitrogen and oxygen atoms in total. The number of aliphatic carboxylic acids is 1. The summed E-state index contributed by atoms with van der Waals surface area (Å²) < 4.78 is 35.6. The SMILES string of the molecule is CCc1cnn([C@H]2C[C@@H](n3cnc4c(NCC(c5ccccc5)c5ccccc5)nc(NCCc5cn(CC)cn5)nc43)[C@H](O)[C@@H]2O)n1.O=C(O)C(F)(F)F. The van der Waals surface area contributed by atoms with E-state index in [9.17, 15) is 23.4 Å². The van der Waals surface area contributed by atoms with Gasteiger partial charge in [-0.2, -0.15) is 38.1 Å². The van der Waals surface area contributed by atoms with Crippen LogP contribution < -0.4 is 10.6 Å². The number of aliphatic hydroxyl groups is 2. The van der Waals surface area contributed by atoms with Gasteiger partial charge in [-0.25, -0.2) is 14.8 Å². The Balaban J connectivity index is 0.000000672. The molecular formula is C37H42F3N11O4. The summed E-state index contributed by atoms with van der Waals surface area (Å²) in [5.74, 6) is -1.68. The highest BCUT2D eigenvalue weighted by Crippen LogP contribution is 2.40. The van der Waals surface area contributed by atoms with E-state index in [4.69, 9.17) is 24.9 Å². The van der Waals surface area contributed by atoms with Crippen LogP contribution in [0.2, 0.25) is 0 Å². The molecule has 1 aliphatic rings. The third-order valence-corrected chi connectivity index (χ3v) is 9.45. The first-order chi connectivity index (χ1) is 26.5. The Hall–Kier alpha value is -5.88. The molecule has 55 heavy (non-hydrogen) atoms. The molecule has 18 heteroatoms. The number of fused-ring (bicyclic) bond motifs is 1. The van der Waals surface area contributed by atoms with Crippen LogP contribution in [0.25, 0.3) is 11.2 Å². The summed E-state index contributed by atoms with van der Waals surface area (Å²) in [4.78, 5) is 29.4. The summed E-state index contributed by atoms with van der Waals surface area (Å²) >= 11 is 0. The maximum Gasteiger partial charge on any atom is 0.490 e. The van der Waals surface area contributed by atoms with Crippen molar-refractivity contribution in [3.8, 4) is 0 Å². The van der Waals surface area contributed by atoms with Gasteiger partial charge in [-0.05, 0) is 30.9 Å². The maximum atomic E-state index is 11.3. The third kappa shape index (κ3) is 9.09. The van der Waals surface area contributed by atoms with E-state index in [0.29, 0.717) is 48.9 Å². The van der Waals surface area contributed by atoms with E-state index in [2.05, 4.69) is 81.3 Å². The van der Waals surface area contributed by atoms with Crippen LogP contribution in [0.15, 0.2) is 85.7 Å². The largest absolute Gasteiger partial charge is 0.490 e. The predicted octanol–water partition coefficient (Wildman–Crippen LogP) is 4.64. The number of carboxylic acids is 1. The van der Waals surface area contributed by atoms with Crippen molar-refractivity contribution in [2.75, 3.05) is 23.7 Å². The number of aryl methyl sites for hydroxylation is 2. The lowest BCUT2D eigenvalue weighted by Crippen LogP contribution is -2.31. The van der Waals surface area contributed by atoms with Gasteiger partial charge >= 0.3 is 12.1 Å². The first-order valence-corrected chi connectivity index (χ1v) is 17.9. The number of rotatable bonds is 13. The molecule has 4 heterocycles. The first kappa shape index (κ1) is 38.8. The highest BCUT2D eigenvalue weighted by molar-refractivity contribution is 5.84. The second kappa shape index (κ2) is 17.1. The number of hydrogen-bond acceptors (Lipinski definition) is 11. The Morgan fingerprint density at radius 3 is 2.15 bits per heavy atom. The van der Waals surface area contributed by atoms with Crippen molar-refractivity contribution >= 4 is 28.9 Å². The van der Waals surface area contributed by atoms with Gasteiger partial charge in [-0.15, -0.1) is 0 Å². The molecule has 0 aliphatic heterocycles. The maximum absolute atomic E-state index is 11.3. The van der Waals surface area contributed by atoms with E-state index in [1.54, 1.807) is 12.5 Å². The predicted molar refractivity (Wildman–Crippen MR) is 196 cm³/mol. The van der Waals surface area contributed by atoms with Crippen LogP contribution in [0.3, 0.4) is 0 Å². The molecule has 0 unspecified atom stereocenters. The van der Waals surface area contributed by atoms with Gasteiger partial charge in [-0.3, -0.25) is 0 Å². The average molecular weight is 762 g/mol. The summed E-state index contributed by atoms with van der Waals surface area (Å²) in [7, 11) is 0. The molecule has 4 aromatic heterocycles. The van der Waals surface area contributed by atoms with Crippen LogP contribution in [0.1, 0.15) is 60.8 Å². The topological polar surface area (TPSA) is 194 Å². The fourth-order valence-corrected chi connectivity index (χ4v) is 6.49. The van der Waals surface area contributed by atoms with E-state index >= 15 is 0 Å². The highest BCUT2D eigenvalue weighted by atomic mass is 19.4. The number of aromatic nitrogens is 9. The Kier molecular flexibility index (Phi) is 12.1. The van der Waals surface area contributed by atoms with Crippen molar-refractivity contribution in [2.45, 2.75) is 76.0 Å². The second-order valence-electron chi connectivity index (χ2n) is 13.0. The summed E-state index contributed by atoms with van der Waals surface area (Å²) in [6.07, 6.45) is 1.90. The number of aliphatic hydroxyl groups excluding tert-OH is 2. The summed E-state index contributed by atoms with van der Waals surface area (Å²) in [5.41, 5.74) is 5.32. The van der Waals surface area contributed by atoms with E-state index < -0.39 is 36.4 Å². The van der Waals surface area contributed by atoms with Crippen molar-refractivity contribution in [3.05, 3.63) is 108 Å². The van der Waals surface area contributed by atoms with E-state index in [0.717, 1.165) is 24.4 Å². The molecule has 0 bridgehead atoms. The number of alkyl halides is 3. The molecule has 4 atom stereocenters. The van der Waals surface area contributed by atoms with Crippen LogP contribution in [-0.2, 0) is 24.2 Å². The van der Waals surface area contributed by atoms with Gasteiger partial charge in [0.25, 0.3) is 0 Å². The van der Waals surface area contributed by atoms with Gasteiger partial charge in [-0.1, -0.05) is 67.6 Å². The summed E-state index contributed by atoms with van der Waals surface area (Å²) in [6.45, 7) is 6.10. The van der Waals surface area contributed by atoms with Crippen LogP contribution in [0.4, 0.5) is 24.9 Å². The fraction of sp³-hybridized carbons (Fsp3) is 0.378. The normalized spacial score (nSPS) is 18.3. The van der Waals surface area contributed by atoms with Crippen LogP contribution >= 0.6 is 0 Å². The zero-order valence-corrected chi connectivity index (χ0v) is 30.1. The first-order valence-electron chi connectivity index (χ1n) is 17.9. The minimum Gasteiger partial charge on any atom is -0.475 e. The summed E-state index contributed by atoms with van der Waals surface area (Å²) in [6, 6.07) is 19.8. The molecule has 6 aromatic rings. The van der Waals surface area contributed by atoms with E-state index in [1.807, 2.05) is 40.7 Å². The van der Waals surface area contributed by atoms with Crippen LogP contribution in [0.5, 0.6) is 0 Å². The van der Waals surface area contributed by atoms with Crippen LogP contribution in [-0.4, -0.2) is 96.8 Å². The standard InChI is InChI=1S/C35H41N11O2.C2HF3O2/c1-3-25-18-40-46(43-25)29-17-28(31(47)32(29)48)45-22-39-30-33(37-19-27(23-11-7-5-8-12-23)24-13-9-6-10-14-24)41-35(42-34(30)45)36-16-15-26-20-44(4-2)21-38-26;3-2(4,5)1(6)7/h5-14,18,20-22,27-29,31-32,47-48H,3-4,15-17,19H2,1-2H3,(H2,36,37,41,42);(H,6,7)/t28-,29+,31+,32-;/m1./s1. The lowest BCUT2D eigenvalue weighted by Gasteiger charge is -2.20. The Bertz CT molecular complexity index is 2120. The number of benzene rings is 2. The number of hydrogen-bond donors (Lipinski definition) is 5. The minimum atomic E-state index is -5.08. The Morgan fingerprint density at radius 2 is 1.56 bits per heavy atom. The van der Waals surface area contributed by atoms with Crippen molar-refractivity contribution in [1.82, 2.24) is 44.1 Å². The second-order valence-corrected chi connectivity index (χ2v) is 13.0. The molecule has 1 fully saturated rings. The minimum absolute atomic E-state index is 0.0618. The third-order valence-electron chi connectivity index (χ3n) is 9.45. The monoisotopic (exact) mass is 761 g/mol. The molecule has 0 spiro atoms. The number of carbonyl (C=O) groups is 1. The Labute approximate surface area is 313 Å². The lowest BCUT2D eigenvalue weighted by molar-refractivity contribution is -0.192. The average Bonchev–Trinajstić information content (AvgIpc) is 4.00. The molecule has 290 valence electrons. The van der Waals surface area contributed by atoms with Gasteiger partial charge in [0.1, 0.15) is 18.2 Å². The van der Waals surface area contributed by atoms with Crippen molar-refractivity contribution < 1.29 is 33.3 Å². The van der Waals surface area contributed by atoms with Crippen molar-refractivity contribution in [1.29, 1.82) is 0 Å². The molecule has 7 rings (SSSR count). The molecule has 2 aromatic carbocycles. The molecule has 0 amide bonds. The molecule has 1 aliphatic carbocycles. The number of nitrogens with zero attached hydrogens (tertiary/aromatic N) is 9. The zero-order chi connectivity index (χ0) is 39.1.